The Bertz CT molecular complexity index is 453. The summed E-state index contributed by atoms with van der Waals surface area (Å²) in [5, 5.41) is 11.9. The fourth-order valence-corrected chi connectivity index (χ4v) is 2.84. The third kappa shape index (κ3) is 5.45. The zero-order chi connectivity index (χ0) is 15.1. The minimum Gasteiger partial charge on any atom is -0.497 e. The van der Waals surface area contributed by atoms with E-state index in [1.54, 1.807) is 18.9 Å². The van der Waals surface area contributed by atoms with Crippen LogP contribution in [0.4, 0.5) is 0 Å². The molecule has 0 amide bonds. The van der Waals surface area contributed by atoms with Crippen LogP contribution in [0.15, 0.2) is 24.3 Å². The molecule has 0 radical (unpaired) electrons. The molecule has 0 bridgehead atoms. The van der Waals surface area contributed by atoms with E-state index >= 15 is 0 Å². The number of aliphatic carboxylic acids is 1. The lowest BCUT2D eigenvalue weighted by Gasteiger charge is -2.14. The van der Waals surface area contributed by atoms with E-state index in [9.17, 15) is 4.79 Å². The van der Waals surface area contributed by atoms with Crippen LogP contribution in [-0.2, 0) is 9.53 Å². The molecule has 0 saturated carbocycles. The summed E-state index contributed by atoms with van der Waals surface area (Å²) in [6.45, 7) is 0.745. The molecule has 1 heterocycles. The van der Waals surface area contributed by atoms with Gasteiger partial charge in [0.15, 0.2) is 0 Å². The Hall–Kier alpha value is -1.44. The van der Waals surface area contributed by atoms with Crippen molar-refractivity contribution in [3.05, 3.63) is 24.3 Å². The molecule has 116 valence electrons. The summed E-state index contributed by atoms with van der Waals surface area (Å²) in [5.74, 6) is 1.52. The third-order valence-electron chi connectivity index (χ3n) is 2.92. The van der Waals surface area contributed by atoms with Gasteiger partial charge in [0.05, 0.1) is 25.5 Å². The lowest BCUT2D eigenvalue weighted by Crippen LogP contribution is -2.35. The Labute approximate surface area is 127 Å². The quantitative estimate of drug-likeness (QED) is 0.754. The van der Waals surface area contributed by atoms with Crippen molar-refractivity contribution in [2.75, 3.05) is 26.1 Å². The first kappa shape index (κ1) is 15.9. The average molecular weight is 313 g/mol. The molecule has 1 fully saturated rings. The molecule has 0 aromatic heterocycles. The second-order valence-corrected chi connectivity index (χ2v) is 5.71. The van der Waals surface area contributed by atoms with E-state index in [-0.39, 0.29) is 24.6 Å². The predicted octanol–water partition coefficient (Wildman–Crippen LogP) is 1.55. The van der Waals surface area contributed by atoms with Crippen LogP contribution in [0.3, 0.4) is 0 Å². The van der Waals surface area contributed by atoms with Gasteiger partial charge in [0.25, 0.3) is 0 Å². The van der Waals surface area contributed by atoms with E-state index in [1.807, 2.05) is 24.3 Å². The summed E-state index contributed by atoms with van der Waals surface area (Å²) in [6.07, 6.45) is -0.0885. The van der Waals surface area contributed by atoms with Crippen LogP contribution in [0.2, 0.25) is 0 Å². The van der Waals surface area contributed by atoms with Crippen molar-refractivity contribution in [1.82, 2.24) is 5.32 Å². The number of carboxylic acids is 1. The van der Waals surface area contributed by atoms with Crippen LogP contribution in [0.1, 0.15) is 6.42 Å². The van der Waals surface area contributed by atoms with Gasteiger partial charge < -0.3 is 19.3 Å². The fraction of sp³-hybridized carbons (Fsp3) is 0.500. The third-order valence-corrected chi connectivity index (χ3v) is 4.09. The van der Waals surface area contributed by atoms with E-state index in [1.165, 1.54) is 0 Å². The smallest absolute Gasteiger partial charge is 0.305 e. The topological polar surface area (TPSA) is 77.0 Å². The first-order valence-electron chi connectivity index (χ1n) is 6.65. The summed E-state index contributed by atoms with van der Waals surface area (Å²) in [4.78, 5) is 10.4. The Morgan fingerprint density at radius 1 is 1.38 bits per heavy atom. The van der Waals surface area contributed by atoms with Crippen LogP contribution in [0, 0.1) is 0 Å². The van der Waals surface area contributed by atoms with E-state index in [0.717, 1.165) is 17.3 Å². The van der Waals surface area contributed by atoms with Crippen molar-refractivity contribution >= 4 is 17.7 Å². The first-order valence-corrected chi connectivity index (χ1v) is 7.70. The minimum absolute atomic E-state index is 0.0237. The molecule has 1 aromatic carbocycles. The highest BCUT2D eigenvalue weighted by atomic mass is 32.2. The predicted molar refractivity (Wildman–Crippen MR) is 79.9 cm³/mol. The van der Waals surface area contributed by atoms with E-state index in [0.29, 0.717) is 6.61 Å². The molecule has 1 aliphatic heterocycles. The summed E-state index contributed by atoms with van der Waals surface area (Å²) in [7, 11) is 1.62. The Morgan fingerprint density at radius 2 is 2.10 bits per heavy atom. The second kappa shape index (κ2) is 8.11. The van der Waals surface area contributed by atoms with Crippen molar-refractivity contribution in [3.63, 3.8) is 0 Å². The lowest BCUT2D eigenvalue weighted by molar-refractivity contribution is -0.138. The Kier molecular flexibility index (Phi) is 6.16. The van der Waals surface area contributed by atoms with Gasteiger partial charge in [-0.15, -0.1) is 11.8 Å². The van der Waals surface area contributed by atoms with Crippen molar-refractivity contribution < 1.29 is 24.1 Å². The Balaban J connectivity index is 1.66. The molecule has 1 aromatic rings. The molecule has 2 N–H and O–H groups in total. The van der Waals surface area contributed by atoms with Gasteiger partial charge in [-0.1, -0.05) is 0 Å². The zero-order valence-electron chi connectivity index (χ0n) is 11.8. The molecular formula is C14H19NO5S. The Morgan fingerprint density at radius 3 is 2.76 bits per heavy atom. The highest BCUT2D eigenvalue weighted by Gasteiger charge is 2.25. The van der Waals surface area contributed by atoms with Crippen LogP contribution in [0.25, 0.3) is 0 Å². The number of hydrogen-bond donors (Lipinski definition) is 2. The summed E-state index contributed by atoms with van der Waals surface area (Å²) >= 11 is 1.70. The number of thioether (sulfide) groups is 1. The van der Waals surface area contributed by atoms with Gasteiger partial charge >= 0.3 is 5.97 Å². The standard InChI is InChI=1S/C14H19NO5S/c1-18-10-2-4-11(5-3-10)20-8-13-15-12(9-21-13)19-7-6-14(16)17/h2-5,12-13,15H,6-9H2,1H3,(H,16,17). The van der Waals surface area contributed by atoms with Crippen molar-refractivity contribution in [2.45, 2.75) is 18.0 Å². The number of methoxy groups -OCH3 is 1. The molecule has 0 aliphatic carbocycles. The molecule has 1 aliphatic rings. The van der Waals surface area contributed by atoms with Gasteiger partial charge in [0.2, 0.25) is 0 Å². The highest BCUT2D eigenvalue weighted by Crippen LogP contribution is 2.22. The molecule has 7 heteroatoms. The van der Waals surface area contributed by atoms with Crippen molar-refractivity contribution in [1.29, 1.82) is 0 Å². The summed E-state index contributed by atoms with van der Waals surface area (Å²) in [6, 6.07) is 7.42. The molecular weight excluding hydrogens is 294 g/mol. The molecule has 1 saturated heterocycles. The molecule has 2 atom stereocenters. The van der Waals surface area contributed by atoms with E-state index in [2.05, 4.69) is 5.32 Å². The zero-order valence-corrected chi connectivity index (χ0v) is 12.6. The van der Waals surface area contributed by atoms with Gasteiger partial charge in [-0.05, 0) is 24.3 Å². The lowest BCUT2D eigenvalue weighted by atomic mass is 10.3. The van der Waals surface area contributed by atoms with Gasteiger partial charge in [0, 0.05) is 5.75 Å². The number of carboxylic acid groups (broad SMARTS) is 1. The summed E-state index contributed by atoms with van der Waals surface area (Å²) < 4.78 is 16.2. The number of rotatable bonds is 8. The number of ether oxygens (including phenoxy) is 3. The van der Waals surface area contributed by atoms with Crippen LogP contribution < -0.4 is 14.8 Å². The van der Waals surface area contributed by atoms with Gasteiger partial charge in [-0.25, -0.2) is 0 Å². The molecule has 2 rings (SSSR count). The van der Waals surface area contributed by atoms with E-state index < -0.39 is 5.97 Å². The SMILES string of the molecule is COc1ccc(OCC2NC(OCCC(=O)O)CS2)cc1. The fourth-order valence-electron chi connectivity index (χ4n) is 1.83. The second-order valence-electron chi connectivity index (χ2n) is 4.48. The molecule has 6 nitrogen and oxygen atoms in total. The number of carbonyl (C=O) groups is 1. The van der Waals surface area contributed by atoms with Crippen LogP contribution >= 0.6 is 11.8 Å². The molecule has 21 heavy (non-hydrogen) atoms. The maximum Gasteiger partial charge on any atom is 0.305 e. The minimum atomic E-state index is -0.847. The van der Waals surface area contributed by atoms with E-state index in [4.69, 9.17) is 19.3 Å². The normalized spacial score (nSPS) is 21.2. The largest absolute Gasteiger partial charge is 0.497 e. The van der Waals surface area contributed by atoms with Gasteiger partial charge in [-0.2, -0.15) is 0 Å². The van der Waals surface area contributed by atoms with Crippen LogP contribution in [0.5, 0.6) is 11.5 Å². The number of hydrogen-bond acceptors (Lipinski definition) is 6. The number of nitrogens with one attached hydrogen (secondary N) is 1. The summed E-state index contributed by atoms with van der Waals surface area (Å²) in [5.41, 5.74) is 0. The molecule has 0 spiro atoms. The maximum absolute atomic E-state index is 10.4. The van der Waals surface area contributed by atoms with Crippen LogP contribution in [-0.4, -0.2) is 48.8 Å². The van der Waals surface area contributed by atoms with Gasteiger partial charge in [-0.3, -0.25) is 10.1 Å². The first-order chi connectivity index (χ1) is 10.2. The average Bonchev–Trinajstić information content (AvgIpc) is 2.93. The molecule has 2 unspecified atom stereocenters. The van der Waals surface area contributed by atoms with Gasteiger partial charge in [0.1, 0.15) is 24.3 Å². The van der Waals surface area contributed by atoms with Crippen molar-refractivity contribution in [3.8, 4) is 11.5 Å². The van der Waals surface area contributed by atoms with Crippen molar-refractivity contribution in [2.24, 2.45) is 0 Å². The highest BCUT2D eigenvalue weighted by molar-refractivity contribution is 8.00. The monoisotopic (exact) mass is 313 g/mol. The number of benzene rings is 1. The maximum atomic E-state index is 10.4.